The van der Waals surface area contributed by atoms with Crippen LogP contribution in [0, 0.1) is 0 Å². The summed E-state index contributed by atoms with van der Waals surface area (Å²) in [5, 5.41) is 5.21. The van der Waals surface area contributed by atoms with Gasteiger partial charge in [0.2, 0.25) is 0 Å². The second-order valence-corrected chi connectivity index (χ2v) is 7.28. The summed E-state index contributed by atoms with van der Waals surface area (Å²) in [7, 11) is 0. The molecule has 28 heavy (non-hydrogen) atoms. The first-order valence-corrected chi connectivity index (χ1v) is 9.66. The van der Waals surface area contributed by atoms with Crippen LogP contribution in [-0.4, -0.2) is 22.0 Å². The van der Waals surface area contributed by atoms with Crippen molar-refractivity contribution in [2.75, 3.05) is 6.54 Å². The summed E-state index contributed by atoms with van der Waals surface area (Å²) in [6.45, 7) is 0.517. The first kappa shape index (κ1) is 17.9. The minimum Gasteiger partial charge on any atom is -0.352 e. The molecule has 2 heterocycles. The molecule has 0 saturated carbocycles. The van der Waals surface area contributed by atoms with Crippen LogP contribution < -0.4 is 16.6 Å². The molecule has 0 aliphatic carbocycles. The first-order chi connectivity index (χ1) is 13.6. The summed E-state index contributed by atoms with van der Waals surface area (Å²) in [4.78, 5) is 41.5. The van der Waals surface area contributed by atoms with Crippen molar-refractivity contribution < 1.29 is 4.79 Å². The fourth-order valence-electron chi connectivity index (χ4n) is 3.03. The van der Waals surface area contributed by atoms with Gasteiger partial charge in [-0.3, -0.25) is 9.59 Å². The maximum Gasteiger partial charge on any atom is 0.333 e. The number of para-hydroxylation sites is 1. The number of nitrogens with zero attached hydrogens (tertiary/aromatic N) is 1. The Labute approximate surface area is 164 Å². The molecule has 0 fully saturated rings. The lowest BCUT2D eigenvalue weighted by molar-refractivity contribution is 0.0954. The summed E-state index contributed by atoms with van der Waals surface area (Å²) >= 11 is 1.65. The van der Waals surface area contributed by atoms with Gasteiger partial charge in [-0.15, -0.1) is 11.3 Å². The zero-order valence-electron chi connectivity index (χ0n) is 14.8. The molecule has 0 bridgehead atoms. The number of amides is 1. The van der Waals surface area contributed by atoms with Gasteiger partial charge in [-0.2, -0.15) is 0 Å². The van der Waals surface area contributed by atoms with Gasteiger partial charge < -0.3 is 10.3 Å². The number of nitrogens with one attached hydrogen (secondary N) is 2. The van der Waals surface area contributed by atoms with Crippen molar-refractivity contribution in [3.05, 3.63) is 97.3 Å². The molecular formula is C21H17N3O3S. The Balaban J connectivity index is 1.62. The predicted molar refractivity (Wildman–Crippen MR) is 111 cm³/mol. The lowest BCUT2D eigenvalue weighted by atomic mass is 10.1. The van der Waals surface area contributed by atoms with Gasteiger partial charge in [0.05, 0.1) is 16.6 Å². The molecule has 140 valence electrons. The third-order valence-electron chi connectivity index (χ3n) is 4.41. The minimum atomic E-state index is -0.543. The molecule has 2 N–H and O–H groups in total. The molecule has 2 aromatic carbocycles. The molecule has 4 aromatic rings. The smallest absolute Gasteiger partial charge is 0.333 e. The minimum absolute atomic E-state index is 0.244. The summed E-state index contributed by atoms with van der Waals surface area (Å²) in [5.41, 5.74) is 0.263. The molecule has 0 atom stereocenters. The topological polar surface area (TPSA) is 84.0 Å². The van der Waals surface area contributed by atoms with Crippen LogP contribution in [0.1, 0.15) is 15.2 Å². The van der Waals surface area contributed by atoms with Crippen LogP contribution >= 0.6 is 11.3 Å². The molecule has 6 nitrogen and oxygen atoms in total. The average molecular weight is 391 g/mol. The number of carbonyl (C=O) groups is 1. The molecule has 1 amide bonds. The maximum absolute atomic E-state index is 12.8. The lowest BCUT2D eigenvalue weighted by Crippen LogP contribution is -2.33. The molecule has 0 unspecified atom stereocenters. The molecule has 0 radical (unpaired) electrons. The highest BCUT2D eigenvalue weighted by atomic mass is 32.1. The third-order valence-corrected chi connectivity index (χ3v) is 5.35. The van der Waals surface area contributed by atoms with E-state index < -0.39 is 11.2 Å². The van der Waals surface area contributed by atoms with Crippen LogP contribution in [-0.2, 0) is 6.42 Å². The van der Waals surface area contributed by atoms with Gasteiger partial charge >= 0.3 is 5.69 Å². The number of thiophene rings is 1. The highest BCUT2D eigenvalue weighted by molar-refractivity contribution is 7.09. The summed E-state index contributed by atoms with van der Waals surface area (Å²) < 4.78 is 1.09. The van der Waals surface area contributed by atoms with Crippen molar-refractivity contribution in [3.63, 3.8) is 0 Å². The molecule has 7 heteroatoms. The molecule has 0 spiro atoms. The standard InChI is InChI=1S/C21H17N3O3S/c25-19(22-11-10-16-7-4-12-28-16)14-8-9-17-18(13-14)23-21(27)24(20(17)26)15-5-2-1-3-6-15/h1-9,12-13H,10-11H2,(H,22,25)(H,23,27). The van der Waals surface area contributed by atoms with E-state index in [1.54, 1.807) is 47.7 Å². The van der Waals surface area contributed by atoms with E-state index in [9.17, 15) is 14.4 Å². The molecule has 0 saturated heterocycles. The zero-order chi connectivity index (χ0) is 19.5. The van der Waals surface area contributed by atoms with E-state index in [0.717, 1.165) is 11.0 Å². The van der Waals surface area contributed by atoms with E-state index in [4.69, 9.17) is 0 Å². The quantitative estimate of drug-likeness (QED) is 0.549. The van der Waals surface area contributed by atoms with E-state index in [2.05, 4.69) is 10.3 Å². The van der Waals surface area contributed by atoms with Crippen molar-refractivity contribution in [1.82, 2.24) is 14.9 Å². The van der Waals surface area contributed by atoms with E-state index in [-0.39, 0.29) is 5.91 Å². The van der Waals surface area contributed by atoms with Crippen molar-refractivity contribution in [3.8, 4) is 5.69 Å². The van der Waals surface area contributed by atoms with Crippen LogP contribution in [0.3, 0.4) is 0 Å². The number of hydrogen-bond donors (Lipinski definition) is 2. The Hall–Kier alpha value is -3.45. The van der Waals surface area contributed by atoms with Gasteiger partial charge in [-0.05, 0) is 48.2 Å². The van der Waals surface area contributed by atoms with Gasteiger partial charge in [0.15, 0.2) is 0 Å². The van der Waals surface area contributed by atoms with Crippen molar-refractivity contribution in [1.29, 1.82) is 0 Å². The highest BCUT2D eigenvalue weighted by Crippen LogP contribution is 2.11. The Morgan fingerprint density at radius 3 is 2.61 bits per heavy atom. The number of rotatable bonds is 5. The fraction of sp³-hybridized carbons (Fsp3) is 0.0952. The Morgan fingerprint density at radius 1 is 1.04 bits per heavy atom. The second-order valence-electron chi connectivity index (χ2n) is 6.25. The van der Waals surface area contributed by atoms with Gasteiger partial charge in [0.25, 0.3) is 11.5 Å². The largest absolute Gasteiger partial charge is 0.352 e. The van der Waals surface area contributed by atoms with Crippen LogP contribution in [0.4, 0.5) is 0 Å². The van der Waals surface area contributed by atoms with Gasteiger partial charge in [0, 0.05) is 17.0 Å². The lowest BCUT2D eigenvalue weighted by Gasteiger charge is -2.08. The monoisotopic (exact) mass is 391 g/mol. The Morgan fingerprint density at radius 2 is 1.86 bits per heavy atom. The van der Waals surface area contributed by atoms with E-state index in [1.165, 1.54) is 10.9 Å². The van der Waals surface area contributed by atoms with Crippen molar-refractivity contribution in [2.45, 2.75) is 6.42 Å². The Bertz CT molecular complexity index is 1240. The van der Waals surface area contributed by atoms with Gasteiger partial charge in [-0.25, -0.2) is 9.36 Å². The molecule has 0 aliphatic rings. The third kappa shape index (κ3) is 3.52. The molecule has 0 aliphatic heterocycles. The molecular weight excluding hydrogens is 374 g/mol. The van der Waals surface area contributed by atoms with Gasteiger partial charge in [0.1, 0.15) is 0 Å². The van der Waals surface area contributed by atoms with Gasteiger partial charge in [-0.1, -0.05) is 24.3 Å². The SMILES string of the molecule is O=C(NCCc1cccs1)c1ccc2c(=O)n(-c3ccccc3)c(=O)[nH]c2c1. The Kier molecular flexibility index (Phi) is 4.90. The maximum atomic E-state index is 12.8. The number of hydrogen-bond acceptors (Lipinski definition) is 4. The van der Waals surface area contributed by atoms with E-state index >= 15 is 0 Å². The normalized spacial score (nSPS) is 10.9. The number of benzene rings is 2. The van der Waals surface area contributed by atoms with Crippen LogP contribution in [0.5, 0.6) is 0 Å². The second kappa shape index (κ2) is 7.66. The first-order valence-electron chi connectivity index (χ1n) is 8.78. The van der Waals surface area contributed by atoms with Crippen LogP contribution in [0.2, 0.25) is 0 Å². The molecule has 4 rings (SSSR count). The molecule has 2 aromatic heterocycles. The predicted octanol–water partition coefficient (Wildman–Crippen LogP) is 2.71. The number of aromatic amines is 1. The number of fused-ring (bicyclic) bond motifs is 1. The number of carbonyl (C=O) groups excluding carboxylic acids is 1. The highest BCUT2D eigenvalue weighted by Gasteiger charge is 2.12. The van der Waals surface area contributed by atoms with E-state index in [0.29, 0.717) is 28.7 Å². The summed E-state index contributed by atoms with van der Waals surface area (Å²) in [6, 6.07) is 17.4. The van der Waals surface area contributed by atoms with E-state index in [1.807, 2.05) is 23.6 Å². The fourth-order valence-corrected chi connectivity index (χ4v) is 3.74. The van der Waals surface area contributed by atoms with Crippen LogP contribution in [0.15, 0.2) is 75.6 Å². The summed E-state index contributed by atoms with van der Waals surface area (Å²) in [5.74, 6) is -0.244. The van der Waals surface area contributed by atoms with Crippen molar-refractivity contribution >= 4 is 28.1 Å². The number of aromatic nitrogens is 2. The summed E-state index contributed by atoms with van der Waals surface area (Å²) in [6.07, 6.45) is 0.760. The number of H-pyrrole nitrogens is 1. The zero-order valence-corrected chi connectivity index (χ0v) is 15.7. The van der Waals surface area contributed by atoms with Crippen LogP contribution in [0.25, 0.3) is 16.6 Å². The van der Waals surface area contributed by atoms with Crippen molar-refractivity contribution in [2.24, 2.45) is 0 Å². The average Bonchev–Trinajstić information content (AvgIpc) is 3.22.